The fourth-order valence-corrected chi connectivity index (χ4v) is 3.32. The molecule has 0 bridgehead atoms. The molecule has 1 unspecified atom stereocenters. The molecular formula is C13H15FO2S. The zero-order chi connectivity index (χ0) is 12.5. The van der Waals surface area contributed by atoms with Gasteiger partial charge in [0.25, 0.3) is 0 Å². The molecule has 1 aromatic rings. The van der Waals surface area contributed by atoms with Gasteiger partial charge in [-0.3, -0.25) is 4.79 Å². The Morgan fingerprint density at radius 1 is 1.53 bits per heavy atom. The average Bonchev–Trinajstić information content (AvgIpc) is 2.76. The molecule has 1 aromatic carbocycles. The standard InChI is InChI=1S/C13H15FO2S/c1-13(6-3-7-17-13)12(15)10-5-4-9(16-2)8-11(10)14/h4-5,8H,3,6-7H2,1-2H3. The van der Waals surface area contributed by atoms with Crippen LogP contribution in [0, 0.1) is 5.82 Å². The van der Waals surface area contributed by atoms with Crippen molar-refractivity contribution in [1.29, 1.82) is 0 Å². The Morgan fingerprint density at radius 3 is 2.82 bits per heavy atom. The van der Waals surface area contributed by atoms with E-state index in [-0.39, 0.29) is 11.3 Å². The van der Waals surface area contributed by atoms with Gasteiger partial charge in [0.2, 0.25) is 0 Å². The zero-order valence-corrected chi connectivity index (χ0v) is 10.8. The Bertz CT molecular complexity index is 439. The quantitative estimate of drug-likeness (QED) is 0.774. The first-order valence-electron chi connectivity index (χ1n) is 5.59. The molecule has 0 amide bonds. The van der Waals surface area contributed by atoms with E-state index in [1.165, 1.54) is 19.2 Å². The first-order valence-corrected chi connectivity index (χ1v) is 6.58. The normalized spacial score (nSPS) is 23.7. The summed E-state index contributed by atoms with van der Waals surface area (Å²) in [7, 11) is 1.48. The Labute approximate surface area is 105 Å². The van der Waals surface area contributed by atoms with Crippen LogP contribution in [-0.2, 0) is 0 Å². The maximum Gasteiger partial charge on any atom is 0.181 e. The van der Waals surface area contributed by atoms with Crippen LogP contribution in [0.3, 0.4) is 0 Å². The van der Waals surface area contributed by atoms with Crippen LogP contribution in [0.2, 0.25) is 0 Å². The van der Waals surface area contributed by atoms with Gasteiger partial charge in [0.1, 0.15) is 11.6 Å². The molecule has 1 aliphatic rings. The van der Waals surface area contributed by atoms with Crippen molar-refractivity contribution in [2.45, 2.75) is 24.5 Å². The molecule has 1 fully saturated rings. The number of benzene rings is 1. The summed E-state index contributed by atoms with van der Waals surface area (Å²) in [4.78, 5) is 12.3. The van der Waals surface area contributed by atoms with Crippen molar-refractivity contribution in [2.75, 3.05) is 12.9 Å². The lowest BCUT2D eigenvalue weighted by molar-refractivity contribution is 0.0945. The van der Waals surface area contributed by atoms with Crippen molar-refractivity contribution in [2.24, 2.45) is 0 Å². The van der Waals surface area contributed by atoms with E-state index < -0.39 is 10.6 Å². The molecule has 2 nitrogen and oxygen atoms in total. The average molecular weight is 254 g/mol. The van der Waals surface area contributed by atoms with E-state index >= 15 is 0 Å². The van der Waals surface area contributed by atoms with Crippen LogP contribution in [0.15, 0.2) is 18.2 Å². The topological polar surface area (TPSA) is 26.3 Å². The summed E-state index contributed by atoms with van der Waals surface area (Å²) in [5.74, 6) is 0.798. The second-order valence-electron chi connectivity index (χ2n) is 4.36. The molecule has 0 aliphatic carbocycles. The smallest absolute Gasteiger partial charge is 0.181 e. The summed E-state index contributed by atoms with van der Waals surface area (Å²) in [6.07, 6.45) is 1.84. The van der Waals surface area contributed by atoms with Gasteiger partial charge in [0.15, 0.2) is 5.78 Å². The Kier molecular flexibility index (Phi) is 3.43. The number of rotatable bonds is 3. The van der Waals surface area contributed by atoms with Crippen LogP contribution in [0.5, 0.6) is 5.75 Å². The SMILES string of the molecule is COc1ccc(C(=O)C2(C)CCCS2)c(F)c1. The molecule has 1 saturated heterocycles. The number of ketones is 1. The summed E-state index contributed by atoms with van der Waals surface area (Å²) in [6.45, 7) is 1.90. The van der Waals surface area contributed by atoms with Gasteiger partial charge in [0.05, 0.1) is 17.4 Å². The highest BCUT2D eigenvalue weighted by molar-refractivity contribution is 8.01. The molecule has 17 heavy (non-hydrogen) atoms. The molecule has 1 atom stereocenters. The molecule has 1 heterocycles. The van der Waals surface area contributed by atoms with E-state index in [4.69, 9.17) is 4.74 Å². The molecule has 0 radical (unpaired) electrons. The third kappa shape index (κ3) is 2.32. The zero-order valence-electron chi connectivity index (χ0n) is 9.96. The Balaban J connectivity index is 2.31. The van der Waals surface area contributed by atoms with Gasteiger partial charge in [-0.2, -0.15) is 0 Å². The summed E-state index contributed by atoms with van der Waals surface area (Å²) in [6, 6.07) is 4.40. The molecule has 0 spiro atoms. The van der Waals surface area contributed by atoms with Crippen molar-refractivity contribution in [3.63, 3.8) is 0 Å². The number of carbonyl (C=O) groups is 1. The maximum absolute atomic E-state index is 13.8. The fourth-order valence-electron chi connectivity index (χ4n) is 2.05. The van der Waals surface area contributed by atoms with Crippen molar-refractivity contribution in [1.82, 2.24) is 0 Å². The highest BCUT2D eigenvalue weighted by atomic mass is 32.2. The van der Waals surface area contributed by atoms with Crippen LogP contribution in [0.4, 0.5) is 4.39 Å². The number of Topliss-reactive ketones (excluding diaryl/α,β-unsaturated/α-hetero) is 1. The van der Waals surface area contributed by atoms with Gasteiger partial charge in [-0.25, -0.2) is 4.39 Å². The van der Waals surface area contributed by atoms with Gasteiger partial charge < -0.3 is 4.74 Å². The molecule has 92 valence electrons. The number of halogens is 1. The van der Waals surface area contributed by atoms with Crippen LogP contribution < -0.4 is 4.74 Å². The van der Waals surface area contributed by atoms with Gasteiger partial charge in [-0.05, 0) is 37.7 Å². The van der Waals surface area contributed by atoms with Gasteiger partial charge >= 0.3 is 0 Å². The number of carbonyl (C=O) groups excluding carboxylic acids is 1. The monoisotopic (exact) mass is 254 g/mol. The molecule has 4 heteroatoms. The maximum atomic E-state index is 13.8. The van der Waals surface area contributed by atoms with E-state index in [0.717, 1.165) is 18.6 Å². The summed E-state index contributed by atoms with van der Waals surface area (Å²) in [5.41, 5.74) is 0.169. The third-order valence-corrected chi connectivity index (χ3v) is 4.64. The second kappa shape index (κ2) is 4.69. The first-order chi connectivity index (χ1) is 8.07. The van der Waals surface area contributed by atoms with Crippen LogP contribution in [0.25, 0.3) is 0 Å². The highest BCUT2D eigenvalue weighted by Gasteiger charge is 2.38. The molecule has 0 N–H and O–H groups in total. The summed E-state index contributed by atoms with van der Waals surface area (Å²) < 4.78 is 18.3. The number of hydrogen-bond donors (Lipinski definition) is 0. The number of ether oxygens (including phenoxy) is 1. The molecule has 1 aliphatic heterocycles. The predicted octanol–water partition coefficient (Wildman–Crippen LogP) is 3.30. The van der Waals surface area contributed by atoms with E-state index in [0.29, 0.717) is 5.75 Å². The minimum absolute atomic E-state index is 0.111. The van der Waals surface area contributed by atoms with Crippen molar-refractivity contribution in [3.05, 3.63) is 29.6 Å². The lowest BCUT2D eigenvalue weighted by Crippen LogP contribution is -2.29. The van der Waals surface area contributed by atoms with Crippen LogP contribution >= 0.6 is 11.8 Å². The third-order valence-electron chi connectivity index (χ3n) is 3.12. The van der Waals surface area contributed by atoms with E-state index in [2.05, 4.69) is 0 Å². The van der Waals surface area contributed by atoms with Crippen molar-refractivity contribution >= 4 is 17.5 Å². The number of methoxy groups -OCH3 is 1. The Hall–Kier alpha value is -1.03. The number of thioether (sulfide) groups is 1. The molecule has 0 aromatic heterocycles. The lowest BCUT2D eigenvalue weighted by atomic mass is 9.94. The van der Waals surface area contributed by atoms with Crippen molar-refractivity contribution in [3.8, 4) is 5.75 Å². The van der Waals surface area contributed by atoms with Crippen LogP contribution in [0.1, 0.15) is 30.1 Å². The largest absolute Gasteiger partial charge is 0.497 e. The summed E-state index contributed by atoms with van der Waals surface area (Å²) in [5, 5.41) is 0. The van der Waals surface area contributed by atoms with E-state index in [1.54, 1.807) is 17.8 Å². The Morgan fingerprint density at radius 2 is 2.29 bits per heavy atom. The van der Waals surface area contributed by atoms with Crippen LogP contribution in [-0.4, -0.2) is 23.4 Å². The predicted molar refractivity (Wildman–Crippen MR) is 67.4 cm³/mol. The van der Waals surface area contributed by atoms with Gasteiger partial charge in [-0.15, -0.1) is 11.8 Å². The highest BCUT2D eigenvalue weighted by Crippen LogP contribution is 2.40. The molecule has 2 rings (SSSR count). The minimum atomic E-state index is -0.497. The summed E-state index contributed by atoms with van der Waals surface area (Å²) >= 11 is 1.62. The van der Waals surface area contributed by atoms with Gasteiger partial charge in [-0.1, -0.05) is 0 Å². The lowest BCUT2D eigenvalue weighted by Gasteiger charge is -2.21. The molecular weight excluding hydrogens is 239 g/mol. The number of hydrogen-bond acceptors (Lipinski definition) is 3. The molecule has 0 saturated carbocycles. The van der Waals surface area contributed by atoms with Crippen molar-refractivity contribution < 1.29 is 13.9 Å². The van der Waals surface area contributed by atoms with Gasteiger partial charge in [0, 0.05) is 6.07 Å². The fraction of sp³-hybridized carbons (Fsp3) is 0.462. The minimum Gasteiger partial charge on any atom is -0.497 e. The van der Waals surface area contributed by atoms with E-state index in [1.807, 2.05) is 6.92 Å². The first kappa shape index (κ1) is 12.4. The second-order valence-corrected chi connectivity index (χ2v) is 5.96. The van der Waals surface area contributed by atoms with E-state index in [9.17, 15) is 9.18 Å².